The van der Waals surface area contributed by atoms with Gasteiger partial charge in [-0.2, -0.15) is 0 Å². The predicted octanol–water partition coefficient (Wildman–Crippen LogP) is 3.13. The fraction of sp³-hybridized carbons (Fsp3) is 0.318. The largest absolute Gasteiger partial charge is 0.326 e. The van der Waals surface area contributed by atoms with Gasteiger partial charge in [-0.05, 0) is 42.5 Å². The Bertz CT molecular complexity index is 851. The molecule has 0 unspecified atom stereocenters. The lowest BCUT2D eigenvalue weighted by molar-refractivity contribution is -0.127. The number of hydrogen-bond acceptors (Lipinski definition) is 3. The molecule has 0 bridgehead atoms. The summed E-state index contributed by atoms with van der Waals surface area (Å²) in [4.78, 5) is 38.1. The van der Waals surface area contributed by atoms with Crippen LogP contribution in [0.15, 0.2) is 54.6 Å². The molecule has 6 nitrogen and oxygen atoms in total. The second-order valence-electron chi connectivity index (χ2n) is 6.87. The second-order valence-corrected chi connectivity index (χ2v) is 6.87. The van der Waals surface area contributed by atoms with Crippen molar-refractivity contribution < 1.29 is 14.4 Å². The average Bonchev–Trinajstić information content (AvgIpc) is 2.98. The molecular formula is C22H25N3O3. The molecule has 6 heteroatoms. The molecular weight excluding hydrogens is 354 g/mol. The Hall–Kier alpha value is -3.15. The third kappa shape index (κ3) is 4.97. The number of nitrogens with zero attached hydrogens (tertiary/aromatic N) is 1. The molecule has 1 fully saturated rings. The van der Waals surface area contributed by atoms with E-state index < -0.39 is 6.04 Å². The number of aryl methyl sites for hydroxylation is 1. The SMILES string of the molecule is CCc1cccc(NC(=O)CC[C@H]2NC(=O)N(CCc3ccccc3)C2=O)c1. The third-order valence-electron chi connectivity index (χ3n) is 4.85. The van der Waals surface area contributed by atoms with Gasteiger partial charge in [-0.1, -0.05) is 49.4 Å². The first kappa shape index (κ1) is 19.6. The van der Waals surface area contributed by atoms with Gasteiger partial charge in [-0.3, -0.25) is 14.5 Å². The summed E-state index contributed by atoms with van der Waals surface area (Å²) in [5.41, 5.74) is 2.96. The van der Waals surface area contributed by atoms with Crippen molar-refractivity contribution in [3.8, 4) is 0 Å². The lowest BCUT2D eigenvalue weighted by Gasteiger charge is -2.13. The first-order valence-corrected chi connectivity index (χ1v) is 9.61. The second kappa shape index (κ2) is 9.17. The van der Waals surface area contributed by atoms with E-state index in [-0.39, 0.29) is 30.7 Å². The molecule has 0 saturated carbocycles. The quantitative estimate of drug-likeness (QED) is 0.692. The molecule has 3 rings (SSSR count). The number of rotatable bonds is 8. The van der Waals surface area contributed by atoms with E-state index in [1.54, 1.807) is 0 Å². The molecule has 1 aliphatic rings. The number of urea groups is 1. The molecule has 2 aromatic rings. The molecule has 1 atom stereocenters. The van der Waals surface area contributed by atoms with E-state index >= 15 is 0 Å². The van der Waals surface area contributed by atoms with Crippen LogP contribution in [0, 0.1) is 0 Å². The van der Waals surface area contributed by atoms with Crippen LogP contribution >= 0.6 is 0 Å². The van der Waals surface area contributed by atoms with E-state index in [0.29, 0.717) is 13.0 Å². The van der Waals surface area contributed by atoms with E-state index in [9.17, 15) is 14.4 Å². The van der Waals surface area contributed by atoms with E-state index in [1.807, 2.05) is 54.6 Å². The lowest BCUT2D eigenvalue weighted by Crippen LogP contribution is -2.33. The highest BCUT2D eigenvalue weighted by Crippen LogP contribution is 2.15. The predicted molar refractivity (Wildman–Crippen MR) is 108 cm³/mol. The summed E-state index contributed by atoms with van der Waals surface area (Å²) in [6.07, 6.45) is 1.96. The van der Waals surface area contributed by atoms with E-state index in [0.717, 1.165) is 23.2 Å². The van der Waals surface area contributed by atoms with E-state index in [2.05, 4.69) is 17.6 Å². The highest BCUT2D eigenvalue weighted by molar-refractivity contribution is 6.04. The van der Waals surface area contributed by atoms with E-state index in [1.165, 1.54) is 4.90 Å². The number of amides is 4. The molecule has 146 valence electrons. The summed E-state index contributed by atoms with van der Waals surface area (Å²) < 4.78 is 0. The van der Waals surface area contributed by atoms with Gasteiger partial charge in [0.25, 0.3) is 5.91 Å². The molecule has 1 aliphatic heterocycles. The summed E-state index contributed by atoms with van der Waals surface area (Å²) in [6.45, 7) is 2.39. The molecule has 2 aromatic carbocycles. The van der Waals surface area contributed by atoms with Crippen molar-refractivity contribution in [3.05, 3.63) is 65.7 Å². The van der Waals surface area contributed by atoms with Crippen LogP contribution in [0.5, 0.6) is 0 Å². The Kier molecular flexibility index (Phi) is 6.42. The van der Waals surface area contributed by atoms with Gasteiger partial charge in [0.05, 0.1) is 0 Å². The van der Waals surface area contributed by atoms with Gasteiger partial charge < -0.3 is 10.6 Å². The van der Waals surface area contributed by atoms with Gasteiger partial charge in [-0.25, -0.2) is 4.79 Å². The Morgan fingerprint density at radius 1 is 1.07 bits per heavy atom. The molecule has 0 spiro atoms. The fourth-order valence-electron chi connectivity index (χ4n) is 3.24. The fourth-order valence-corrected chi connectivity index (χ4v) is 3.24. The van der Waals surface area contributed by atoms with Crippen molar-refractivity contribution in [2.24, 2.45) is 0 Å². The lowest BCUT2D eigenvalue weighted by atomic mass is 10.1. The average molecular weight is 379 g/mol. The van der Waals surface area contributed by atoms with Crippen LogP contribution in [-0.2, 0) is 22.4 Å². The molecule has 1 saturated heterocycles. The number of hydrogen-bond donors (Lipinski definition) is 2. The van der Waals surface area contributed by atoms with Crippen molar-refractivity contribution in [2.45, 2.75) is 38.6 Å². The zero-order valence-corrected chi connectivity index (χ0v) is 16.0. The van der Waals surface area contributed by atoms with Crippen LogP contribution < -0.4 is 10.6 Å². The van der Waals surface area contributed by atoms with Crippen LogP contribution in [0.4, 0.5) is 10.5 Å². The minimum atomic E-state index is -0.643. The van der Waals surface area contributed by atoms with Gasteiger partial charge >= 0.3 is 6.03 Å². The van der Waals surface area contributed by atoms with Crippen molar-refractivity contribution in [2.75, 3.05) is 11.9 Å². The molecule has 4 amide bonds. The van der Waals surface area contributed by atoms with Crippen LogP contribution in [-0.4, -0.2) is 35.3 Å². The Morgan fingerprint density at radius 2 is 1.82 bits per heavy atom. The minimum absolute atomic E-state index is 0.166. The summed E-state index contributed by atoms with van der Waals surface area (Å²) in [7, 11) is 0. The zero-order chi connectivity index (χ0) is 19.9. The van der Waals surface area contributed by atoms with Gasteiger partial charge in [0.1, 0.15) is 6.04 Å². The summed E-state index contributed by atoms with van der Waals surface area (Å²) >= 11 is 0. The molecule has 0 aliphatic carbocycles. The minimum Gasteiger partial charge on any atom is -0.326 e. The third-order valence-corrected chi connectivity index (χ3v) is 4.85. The summed E-state index contributed by atoms with van der Waals surface area (Å²) in [6, 6.07) is 16.4. The smallest absolute Gasteiger partial charge is 0.324 e. The van der Waals surface area contributed by atoms with Crippen molar-refractivity contribution >= 4 is 23.5 Å². The van der Waals surface area contributed by atoms with Gasteiger partial charge in [0, 0.05) is 18.7 Å². The molecule has 0 aromatic heterocycles. The van der Waals surface area contributed by atoms with Crippen LogP contribution in [0.3, 0.4) is 0 Å². The number of imide groups is 1. The number of anilines is 1. The van der Waals surface area contributed by atoms with Crippen LogP contribution in [0.1, 0.15) is 30.9 Å². The van der Waals surface area contributed by atoms with Crippen molar-refractivity contribution in [1.82, 2.24) is 10.2 Å². The number of carbonyl (C=O) groups is 3. The summed E-state index contributed by atoms with van der Waals surface area (Å²) in [5.74, 6) is -0.431. The molecule has 2 N–H and O–H groups in total. The highest BCUT2D eigenvalue weighted by atomic mass is 16.2. The Morgan fingerprint density at radius 3 is 2.57 bits per heavy atom. The maximum absolute atomic E-state index is 12.5. The monoisotopic (exact) mass is 379 g/mol. The number of carbonyl (C=O) groups excluding carboxylic acids is 3. The van der Waals surface area contributed by atoms with E-state index in [4.69, 9.17) is 0 Å². The Labute approximate surface area is 164 Å². The van der Waals surface area contributed by atoms with Gasteiger partial charge in [-0.15, -0.1) is 0 Å². The molecule has 0 radical (unpaired) electrons. The van der Waals surface area contributed by atoms with Crippen molar-refractivity contribution in [1.29, 1.82) is 0 Å². The summed E-state index contributed by atoms with van der Waals surface area (Å²) in [5, 5.41) is 5.53. The van der Waals surface area contributed by atoms with Gasteiger partial charge in [0.2, 0.25) is 5.91 Å². The Balaban J connectivity index is 1.48. The highest BCUT2D eigenvalue weighted by Gasteiger charge is 2.37. The standard InChI is InChI=1S/C22H25N3O3/c1-2-16-9-6-10-18(15-16)23-20(26)12-11-19-21(27)25(22(28)24-19)14-13-17-7-4-3-5-8-17/h3-10,15,19H,2,11-14H2,1H3,(H,23,26)(H,24,28)/t19-/m1/s1. The number of nitrogens with one attached hydrogen (secondary N) is 2. The van der Waals surface area contributed by atoms with Gasteiger partial charge in [0.15, 0.2) is 0 Å². The molecule has 1 heterocycles. The molecule has 28 heavy (non-hydrogen) atoms. The van der Waals surface area contributed by atoms with Crippen LogP contribution in [0.25, 0.3) is 0 Å². The number of benzene rings is 2. The first-order chi connectivity index (χ1) is 13.6. The zero-order valence-electron chi connectivity index (χ0n) is 16.0. The topological polar surface area (TPSA) is 78.5 Å². The van der Waals surface area contributed by atoms with Crippen LogP contribution in [0.2, 0.25) is 0 Å². The normalized spacial score (nSPS) is 16.2. The maximum Gasteiger partial charge on any atom is 0.324 e. The van der Waals surface area contributed by atoms with Crippen molar-refractivity contribution in [3.63, 3.8) is 0 Å². The first-order valence-electron chi connectivity index (χ1n) is 9.61. The maximum atomic E-state index is 12.5.